The molecule has 5 nitrogen and oxygen atoms in total. The molecule has 1 unspecified atom stereocenters. The average Bonchev–Trinajstić information content (AvgIpc) is 2.35. The quantitative estimate of drug-likeness (QED) is 0.700. The zero-order valence-electron chi connectivity index (χ0n) is 10.6. The van der Waals surface area contributed by atoms with Gasteiger partial charge in [-0.25, -0.2) is 4.39 Å². The summed E-state index contributed by atoms with van der Waals surface area (Å²) in [4.78, 5) is 22.9. The van der Waals surface area contributed by atoms with E-state index in [0.717, 1.165) is 6.07 Å². The Labute approximate surface area is 110 Å². The van der Waals surface area contributed by atoms with Crippen molar-refractivity contribution in [2.45, 2.75) is 19.4 Å². The molecule has 0 fully saturated rings. The molecule has 0 saturated heterocycles. The van der Waals surface area contributed by atoms with Crippen LogP contribution in [0.5, 0.6) is 0 Å². The third kappa shape index (κ3) is 5.96. The summed E-state index contributed by atoms with van der Waals surface area (Å²) in [5, 5.41) is 13.9. The molecule has 104 valence electrons. The number of rotatable bonds is 6. The molecule has 0 saturated carbocycles. The summed E-state index contributed by atoms with van der Waals surface area (Å²) in [5.74, 6) is -1.37. The minimum atomic E-state index is -0.509. The fourth-order valence-electron chi connectivity index (χ4n) is 1.38. The first-order valence-electron chi connectivity index (χ1n) is 5.97. The lowest BCUT2D eigenvalue weighted by atomic mass is 10.2. The van der Waals surface area contributed by atoms with Crippen LogP contribution in [-0.4, -0.2) is 36.1 Å². The van der Waals surface area contributed by atoms with Gasteiger partial charge in [-0.3, -0.25) is 9.59 Å². The Balaban J connectivity index is 2.32. The van der Waals surface area contributed by atoms with Crippen molar-refractivity contribution >= 4 is 11.8 Å². The monoisotopic (exact) mass is 268 g/mol. The van der Waals surface area contributed by atoms with E-state index in [2.05, 4.69) is 10.6 Å². The highest BCUT2D eigenvalue weighted by Crippen LogP contribution is 2.02. The normalized spacial score (nSPS) is 11.7. The van der Waals surface area contributed by atoms with Crippen molar-refractivity contribution in [3.05, 3.63) is 35.6 Å². The van der Waals surface area contributed by atoms with Crippen molar-refractivity contribution in [2.24, 2.45) is 0 Å². The van der Waals surface area contributed by atoms with E-state index in [-0.39, 0.29) is 18.0 Å². The van der Waals surface area contributed by atoms with Gasteiger partial charge >= 0.3 is 0 Å². The summed E-state index contributed by atoms with van der Waals surface area (Å²) in [7, 11) is 0. The van der Waals surface area contributed by atoms with Gasteiger partial charge in [0.1, 0.15) is 5.82 Å². The third-order valence-electron chi connectivity index (χ3n) is 2.38. The summed E-state index contributed by atoms with van der Waals surface area (Å²) in [6, 6.07) is 5.22. The number of halogens is 1. The van der Waals surface area contributed by atoms with E-state index in [1.54, 1.807) is 6.92 Å². The van der Waals surface area contributed by atoms with Gasteiger partial charge in [-0.15, -0.1) is 0 Å². The van der Waals surface area contributed by atoms with Crippen molar-refractivity contribution in [1.82, 2.24) is 10.6 Å². The Morgan fingerprint density at radius 1 is 1.37 bits per heavy atom. The topological polar surface area (TPSA) is 78.4 Å². The van der Waals surface area contributed by atoms with Crippen molar-refractivity contribution in [3.8, 4) is 0 Å². The highest BCUT2D eigenvalue weighted by molar-refractivity contribution is 5.96. The summed E-state index contributed by atoms with van der Waals surface area (Å²) < 4.78 is 12.9. The Bertz CT molecular complexity index is 449. The van der Waals surface area contributed by atoms with Crippen LogP contribution in [0.25, 0.3) is 0 Å². The second-order valence-electron chi connectivity index (χ2n) is 4.18. The van der Waals surface area contributed by atoms with Crippen LogP contribution in [0.2, 0.25) is 0 Å². The summed E-state index contributed by atoms with van der Waals surface area (Å²) in [6.07, 6.45) is -0.0361. The van der Waals surface area contributed by atoms with Crippen LogP contribution >= 0.6 is 0 Å². The van der Waals surface area contributed by atoms with Gasteiger partial charge in [-0.1, -0.05) is 6.07 Å². The second-order valence-corrected chi connectivity index (χ2v) is 4.18. The minimum Gasteiger partial charge on any atom is -0.393 e. The SMILES string of the molecule is CC(O)CCNC(=O)CNC(=O)c1cccc(F)c1. The number of hydrogen-bond acceptors (Lipinski definition) is 3. The highest BCUT2D eigenvalue weighted by atomic mass is 19.1. The number of aliphatic hydroxyl groups excluding tert-OH is 1. The van der Waals surface area contributed by atoms with Crippen molar-refractivity contribution in [3.63, 3.8) is 0 Å². The minimum absolute atomic E-state index is 0.164. The first-order chi connectivity index (χ1) is 8.99. The number of hydrogen-bond donors (Lipinski definition) is 3. The highest BCUT2D eigenvalue weighted by Gasteiger charge is 2.08. The summed E-state index contributed by atoms with van der Waals surface area (Å²) in [6.45, 7) is 1.78. The zero-order valence-corrected chi connectivity index (χ0v) is 10.6. The molecule has 0 radical (unpaired) electrons. The molecule has 3 N–H and O–H groups in total. The van der Waals surface area contributed by atoms with Crippen LogP contribution in [0.4, 0.5) is 4.39 Å². The number of nitrogens with one attached hydrogen (secondary N) is 2. The second kappa shape index (κ2) is 7.48. The fraction of sp³-hybridized carbons (Fsp3) is 0.385. The Kier molecular flexibility index (Phi) is 5.95. The van der Waals surface area contributed by atoms with Gasteiger partial charge in [0.05, 0.1) is 12.6 Å². The number of aliphatic hydroxyl groups is 1. The molecule has 0 heterocycles. The molecule has 0 aliphatic rings. The molecule has 0 aliphatic carbocycles. The average molecular weight is 268 g/mol. The molecule has 0 aliphatic heterocycles. The van der Waals surface area contributed by atoms with Crippen LogP contribution < -0.4 is 10.6 Å². The molecule has 2 amide bonds. The van der Waals surface area contributed by atoms with Gasteiger partial charge in [-0.05, 0) is 31.5 Å². The van der Waals surface area contributed by atoms with E-state index in [0.29, 0.717) is 13.0 Å². The van der Waals surface area contributed by atoms with E-state index in [4.69, 9.17) is 5.11 Å². The molecule has 19 heavy (non-hydrogen) atoms. The lowest BCUT2D eigenvalue weighted by Gasteiger charge is -2.08. The number of carbonyl (C=O) groups is 2. The third-order valence-corrected chi connectivity index (χ3v) is 2.38. The first kappa shape index (κ1) is 15.1. The molecule has 1 rings (SSSR count). The molecule has 1 atom stereocenters. The molecular weight excluding hydrogens is 251 g/mol. The Hall–Kier alpha value is -1.95. The molecule has 0 bridgehead atoms. The molecule has 1 aromatic rings. The van der Waals surface area contributed by atoms with Crippen LogP contribution in [0.15, 0.2) is 24.3 Å². The lowest BCUT2D eigenvalue weighted by Crippen LogP contribution is -2.37. The number of carbonyl (C=O) groups excluding carboxylic acids is 2. The van der Waals surface area contributed by atoms with Gasteiger partial charge < -0.3 is 15.7 Å². The molecule has 0 aromatic heterocycles. The van der Waals surface area contributed by atoms with Crippen molar-refractivity contribution in [2.75, 3.05) is 13.1 Å². The lowest BCUT2D eigenvalue weighted by molar-refractivity contribution is -0.120. The van der Waals surface area contributed by atoms with Crippen molar-refractivity contribution in [1.29, 1.82) is 0 Å². The van der Waals surface area contributed by atoms with Crippen LogP contribution in [0.3, 0.4) is 0 Å². The fourth-order valence-corrected chi connectivity index (χ4v) is 1.38. The maximum Gasteiger partial charge on any atom is 0.251 e. The molecule has 1 aromatic carbocycles. The number of amides is 2. The predicted octanol–water partition coefficient (Wildman–Crippen LogP) is 0.443. The molecule has 6 heteroatoms. The van der Waals surface area contributed by atoms with E-state index in [1.165, 1.54) is 18.2 Å². The standard InChI is InChI=1S/C13H17FN2O3/c1-9(17)5-6-15-12(18)8-16-13(19)10-3-2-4-11(14)7-10/h2-4,7,9,17H,5-6,8H2,1H3,(H,15,18)(H,16,19). The van der Waals surface area contributed by atoms with Gasteiger partial charge in [-0.2, -0.15) is 0 Å². The van der Waals surface area contributed by atoms with Crippen LogP contribution in [-0.2, 0) is 4.79 Å². The van der Waals surface area contributed by atoms with Gasteiger partial charge in [0, 0.05) is 12.1 Å². The van der Waals surface area contributed by atoms with Crippen LogP contribution in [0.1, 0.15) is 23.7 Å². The van der Waals surface area contributed by atoms with Gasteiger partial charge in [0.15, 0.2) is 0 Å². The Morgan fingerprint density at radius 3 is 2.74 bits per heavy atom. The zero-order chi connectivity index (χ0) is 14.3. The van der Waals surface area contributed by atoms with E-state index < -0.39 is 17.8 Å². The molecule has 0 spiro atoms. The maximum absolute atomic E-state index is 12.9. The van der Waals surface area contributed by atoms with Gasteiger partial charge in [0.25, 0.3) is 5.91 Å². The number of benzene rings is 1. The summed E-state index contributed by atoms with van der Waals surface area (Å²) in [5.41, 5.74) is 0.164. The first-order valence-corrected chi connectivity index (χ1v) is 5.97. The largest absolute Gasteiger partial charge is 0.393 e. The molecular formula is C13H17FN2O3. The summed E-state index contributed by atoms with van der Waals surface area (Å²) >= 11 is 0. The van der Waals surface area contributed by atoms with E-state index in [9.17, 15) is 14.0 Å². The smallest absolute Gasteiger partial charge is 0.251 e. The maximum atomic E-state index is 12.9. The predicted molar refractivity (Wildman–Crippen MR) is 68.0 cm³/mol. The van der Waals surface area contributed by atoms with Crippen molar-refractivity contribution < 1.29 is 19.1 Å². The van der Waals surface area contributed by atoms with E-state index in [1.807, 2.05) is 0 Å². The van der Waals surface area contributed by atoms with Gasteiger partial charge in [0.2, 0.25) is 5.91 Å². The van der Waals surface area contributed by atoms with Crippen LogP contribution in [0, 0.1) is 5.82 Å². The van der Waals surface area contributed by atoms with E-state index >= 15 is 0 Å². The Morgan fingerprint density at radius 2 is 2.11 bits per heavy atom.